The molecule has 32 heavy (non-hydrogen) atoms. The van der Waals surface area contributed by atoms with Gasteiger partial charge in [-0.15, -0.1) is 11.8 Å². The van der Waals surface area contributed by atoms with Crippen molar-refractivity contribution < 1.29 is 37.5 Å². The van der Waals surface area contributed by atoms with Gasteiger partial charge in [0.15, 0.2) is 18.1 Å². The molecule has 0 spiro atoms. The fourth-order valence-corrected chi connectivity index (χ4v) is 3.22. The van der Waals surface area contributed by atoms with Crippen LogP contribution >= 0.6 is 11.8 Å². The van der Waals surface area contributed by atoms with Gasteiger partial charge in [0.2, 0.25) is 5.91 Å². The molecule has 3 rings (SSSR count). The zero-order valence-corrected chi connectivity index (χ0v) is 17.2. The Morgan fingerprint density at radius 1 is 0.781 bits per heavy atom. The van der Waals surface area contributed by atoms with Crippen molar-refractivity contribution in [1.82, 2.24) is 10.6 Å². The summed E-state index contributed by atoms with van der Waals surface area (Å²) in [7, 11) is 0. The summed E-state index contributed by atoms with van der Waals surface area (Å²) in [5.74, 6) is -3.90. The van der Waals surface area contributed by atoms with Gasteiger partial charge in [-0.3, -0.25) is 29.8 Å². The summed E-state index contributed by atoms with van der Waals surface area (Å²) in [4.78, 5) is 60.2. The zero-order chi connectivity index (χ0) is 22.9. The van der Waals surface area contributed by atoms with Crippen LogP contribution in [0.15, 0.2) is 74.8 Å². The lowest BCUT2D eigenvalue weighted by Crippen LogP contribution is -2.34. The van der Waals surface area contributed by atoms with Crippen molar-refractivity contribution in [3.63, 3.8) is 0 Å². The Labute approximate surface area is 185 Å². The van der Waals surface area contributed by atoms with E-state index in [9.17, 15) is 24.0 Å². The second-order valence-electron chi connectivity index (χ2n) is 6.07. The van der Waals surface area contributed by atoms with E-state index in [0.29, 0.717) is 4.90 Å². The first-order valence-electron chi connectivity index (χ1n) is 9.08. The molecule has 10 nitrogen and oxygen atoms in total. The van der Waals surface area contributed by atoms with Crippen LogP contribution in [0.4, 0.5) is 0 Å². The average molecular weight is 456 g/mol. The van der Waals surface area contributed by atoms with E-state index in [1.165, 1.54) is 42.9 Å². The summed E-state index contributed by atoms with van der Waals surface area (Å²) >= 11 is 1.00. The SMILES string of the molecule is O=C(COC(=O)c1ccccc1SCC(=O)NC(=O)c1ccco1)NC(=O)c1ccco1. The largest absolute Gasteiger partial charge is 0.459 e. The van der Waals surface area contributed by atoms with E-state index in [2.05, 4.69) is 5.32 Å². The van der Waals surface area contributed by atoms with Crippen LogP contribution < -0.4 is 10.6 Å². The van der Waals surface area contributed by atoms with Crippen molar-refractivity contribution >= 4 is 41.4 Å². The van der Waals surface area contributed by atoms with Crippen LogP contribution in [-0.4, -0.2) is 42.0 Å². The molecule has 164 valence electrons. The lowest BCUT2D eigenvalue weighted by molar-refractivity contribution is -0.123. The molecule has 4 amide bonds. The van der Waals surface area contributed by atoms with Crippen LogP contribution in [0, 0.1) is 0 Å². The molecule has 2 heterocycles. The number of amides is 4. The number of imide groups is 2. The molecular weight excluding hydrogens is 440 g/mol. The van der Waals surface area contributed by atoms with E-state index in [1.807, 2.05) is 5.32 Å². The number of esters is 1. The van der Waals surface area contributed by atoms with Gasteiger partial charge >= 0.3 is 5.97 Å². The molecule has 11 heteroatoms. The summed E-state index contributed by atoms with van der Waals surface area (Å²) in [6.07, 6.45) is 2.59. The molecule has 0 atom stereocenters. The number of carbonyl (C=O) groups is 5. The van der Waals surface area contributed by atoms with Gasteiger partial charge < -0.3 is 13.6 Å². The molecule has 0 saturated heterocycles. The molecule has 0 unspecified atom stereocenters. The van der Waals surface area contributed by atoms with Gasteiger partial charge in [0.1, 0.15) is 0 Å². The molecule has 1 aromatic carbocycles. The predicted molar refractivity (Wildman–Crippen MR) is 110 cm³/mol. The van der Waals surface area contributed by atoms with Crippen LogP contribution in [0.5, 0.6) is 0 Å². The highest BCUT2D eigenvalue weighted by Gasteiger charge is 2.18. The van der Waals surface area contributed by atoms with E-state index < -0.39 is 36.2 Å². The van der Waals surface area contributed by atoms with Gasteiger partial charge in [0.05, 0.1) is 23.8 Å². The zero-order valence-electron chi connectivity index (χ0n) is 16.4. The van der Waals surface area contributed by atoms with Crippen LogP contribution in [0.25, 0.3) is 0 Å². The Morgan fingerprint density at radius 2 is 1.38 bits per heavy atom. The van der Waals surface area contributed by atoms with E-state index in [0.717, 1.165) is 11.8 Å². The van der Waals surface area contributed by atoms with Gasteiger partial charge in [-0.1, -0.05) is 12.1 Å². The molecule has 0 bridgehead atoms. The Bertz CT molecular complexity index is 1120. The summed E-state index contributed by atoms with van der Waals surface area (Å²) < 4.78 is 14.7. The number of benzene rings is 1. The van der Waals surface area contributed by atoms with Crippen molar-refractivity contribution in [3.8, 4) is 0 Å². The number of thioether (sulfide) groups is 1. The maximum atomic E-state index is 12.4. The predicted octanol–water partition coefficient (Wildman–Crippen LogP) is 2.03. The molecule has 2 aromatic heterocycles. The first kappa shape index (κ1) is 22.6. The molecule has 0 aliphatic rings. The average Bonchev–Trinajstić information content (AvgIpc) is 3.50. The monoisotopic (exact) mass is 456 g/mol. The molecule has 3 aromatic rings. The topological polar surface area (TPSA) is 145 Å². The van der Waals surface area contributed by atoms with Crippen LogP contribution in [0.3, 0.4) is 0 Å². The number of nitrogens with one attached hydrogen (secondary N) is 2. The Morgan fingerprint density at radius 3 is 1.97 bits per heavy atom. The number of furan rings is 2. The van der Waals surface area contributed by atoms with Crippen molar-refractivity contribution in [2.24, 2.45) is 0 Å². The van der Waals surface area contributed by atoms with Crippen molar-refractivity contribution in [2.45, 2.75) is 4.90 Å². The quantitative estimate of drug-likeness (QED) is 0.384. The van der Waals surface area contributed by atoms with Crippen molar-refractivity contribution in [1.29, 1.82) is 0 Å². The van der Waals surface area contributed by atoms with Crippen LogP contribution in [0.2, 0.25) is 0 Å². The van der Waals surface area contributed by atoms with E-state index in [4.69, 9.17) is 13.6 Å². The first-order valence-corrected chi connectivity index (χ1v) is 10.1. The molecule has 0 aliphatic heterocycles. The summed E-state index contributed by atoms with van der Waals surface area (Å²) in [5.41, 5.74) is 0.118. The number of ether oxygens (including phenoxy) is 1. The molecule has 0 radical (unpaired) electrons. The van der Waals surface area contributed by atoms with E-state index in [-0.39, 0.29) is 22.8 Å². The highest BCUT2D eigenvalue weighted by atomic mass is 32.2. The molecule has 2 N–H and O–H groups in total. The van der Waals surface area contributed by atoms with Gasteiger partial charge in [-0.25, -0.2) is 4.79 Å². The normalized spacial score (nSPS) is 10.2. The molecule has 0 aliphatic carbocycles. The van der Waals surface area contributed by atoms with Crippen LogP contribution in [0.1, 0.15) is 31.5 Å². The fourth-order valence-electron chi connectivity index (χ4n) is 2.38. The number of hydrogen-bond donors (Lipinski definition) is 2. The Balaban J connectivity index is 1.50. The van der Waals surface area contributed by atoms with E-state index in [1.54, 1.807) is 18.2 Å². The maximum absolute atomic E-state index is 12.4. The van der Waals surface area contributed by atoms with Crippen molar-refractivity contribution in [2.75, 3.05) is 12.4 Å². The summed E-state index contributed by atoms with van der Waals surface area (Å²) in [5, 5.41) is 4.20. The second-order valence-corrected chi connectivity index (χ2v) is 7.09. The highest BCUT2D eigenvalue weighted by molar-refractivity contribution is 8.00. The number of rotatable bonds is 8. The Kier molecular flexibility index (Phi) is 7.60. The highest BCUT2D eigenvalue weighted by Crippen LogP contribution is 2.23. The second kappa shape index (κ2) is 10.8. The Hall–Kier alpha value is -4.12. The lowest BCUT2D eigenvalue weighted by atomic mass is 10.2. The lowest BCUT2D eigenvalue weighted by Gasteiger charge is -2.09. The fraction of sp³-hybridized carbons (Fsp3) is 0.0952. The molecular formula is C21H16N2O8S. The van der Waals surface area contributed by atoms with Crippen molar-refractivity contribution in [3.05, 3.63) is 78.1 Å². The summed E-state index contributed by atoms with van der Waals surface area (Å²) in [6, 6.07) is 12.1. The van der Waals surface area contributed by atoms with Gasteiger partial charge in [-0.05, 0) is 36.4 Å². The van der Waals surface area contributed by atoms with Gasteiger partial charge in [0.25, 0.3) is 17.7 Å². The van der Waals surface area contributed by atoms with Gasteiger partial charge in [0, 0.05) is 4.90 Å². The van der Waals surface area contributed by atoms with E-state index >= 15 is 0 Å². The third-order valence-corrected chi connectivity index (χ3v) is 4.87. The third kappa shape index (κ3) is 6.19. The molecule has 0 fully saturated rings. The first-order chi connectivity index (χ1) is 15.4. The van der Waals surface area contributed by atoms with Crippen LogP contribution in [-0.2, 0) is 14.3 Å². The minimum atomic E-state index is -0.833. The minimum absolute atomic E-state index is 0.00358. The smallest absolute Gasteiger partial charge is 0.339 e. The molecule has 0 saturated carbocycles. The standard InChI is InChI=1S/C21H16N2O8S/c24-17(22-19(26)14-6-3-9-29-14)11-31-21(28)13-5-1-2-8-16(13)32-12-18(25)23-20(27)15-7-4-10-30-15/h1-10H,11-12H2,(H,22,24,26)(H,23,25,27). The van der Waals surface area contributed by atoms with Gasteiger partial charge in [-0.2, -0.15) is 0 Å². The number of hydrogen-bond acceptors (Lipinski definition) is 9. The summed E-state index contributed by atoms with van der Waals surface area (Å²) in [6.45, 7) is -0.692. The minimum Gasteiger partial charge on any atom is -0.459 e. The maximum Gasteiger partial charge on any atom is 0.339 e. The number of carbonyl (C=O) groups excluding carboxylic acids is 5. The third-order valence-electron chi connectivity index (χ3n) is 3.80.